The molecule has 0 aliphatic heterocycles. The van der Waals surface area contributed by atoms with Gasteiger partial charge in [0.2, 0.25) is 5.89 Å². The highest BCUT2D eigenvalue weighted by molar-refractivity contribution is 5.92. The van der Waals surface area contributed by atoms with Crippen molar-refractivity contribution in [3.05, 3.63) is 77.9 Å². The maximum Gasteiger partial charge on any atom is 0.420 e. The van der Waals surface area contributed by atoms with Crippen molar-refractivity contribution in [3.63, 3.8) is 0 Å². The lowest BCUT2D eigenvalue weighted by Crippen LogP contribution is -2.27. The van der Waals surface area contributed by atoms with Gasteiger partial charge in [-0.05, 0) is 53.6 Å². The van der Waals surface area contributed by atoms with Gasteiger partial charge in [0.15, 0.2) is 11.4 Å². The summed E-state index contributed by atoms with van der Waals surface area (Å²) in [5, 5.41) is 21.2. The van der Waals surface area contributed by atoms with Gasteiger partial charge in [0.05, 0.1) is 11.7 Å². The molecule has 7 nitrogen and oxygen atoms in total. The van der Waals surface area contributed by atoms with Gasteiger partial charge < -0.3 is 19.4 Å². The van der Waals surface area contributed by atoms with Gasteiger partial charge in [0.1, 0.15) is 23.2 Å². The number of rotatable bonds is 8. The molecule has 1 aliphatic carbocycles. The predicted octanol–water partition coefficient (Wildman–Crippen LogP) is 5.98. The highest BCUT2D eigenvalue weighted by Crippen LogP contribution is 2.43. The lowest BCUT2D eigenvalue weighted by atomic mass is 9.94. The Kier molecular flexibility index (Phi) is 6.63. The molecule has 0 bridgehead atoms. The van der Waals surface area contributed by atoms with Crippen LogP contribution in [0.4, 0.5) is 17.6 Å². The molecular weight excluding hydrogens is 526 g/mol. The smallest absolute Gasteiger partial charge is 0.420 e. The van der Waals surface area contributed by atoms with E-state index in [4.69, 9.17) is 4.42 Å². The van der Waals surface area contributed by atoms with Crippen molar-refractivity contribution in [2.75, 3.05) is 6.54 Å². The zero-order chi connectivity index (χ0) is 28.0. The van der Waals surface area contributed by atoms with Crippen molar-refractivity contribution in [1.82, 2.24) is 25.1 Å². The molecule has 1 saturated carbocycles. The van der Waals surface area contributed by atoms with Crippen molar-refractivity contribution in [1.29, 1.82) is 0 Å². The summed E-state index contributed by atoms with van der Waals surface area (Å²) in [5.74, 6) is -0.494. The molecule has 1 aliphatic rings. The van der Waals surface area contributed by atoms with Gasteiger partial charge in [-0.15, -0.1) is 10.2 Å². The average Bonchev–Trinajstić information content (AvgIpc) is 3.57. The summed E-state index contributed by atoms with van der Waals surface area (Å²) in [6.45, 7) is 0.361. The molecule has 206 valence electrons. The fourth-order valence-electron chi connectivity index (χ4n) is 4.91. The Morgan fingerprint density at radius 2 is 1.88 bits per heavy atom. The predicted molar refractivity (Wildman–Crippen MR) is 140 cm³/mol. The molecule has 2 aromatic heterocycles. The Morgan fingerprint density at radius 1 is 1.10 bits per heavy atom. The van der Waals surface area contributed by atoms with Crippen LogP contribution in [0.1, 0.15) is 24.0 Å². The van der Waals surface area contributed by atoms with Crippen molar-refractivity contribution in [3.8, 4) is 34.0 Å². The number of nitrogens with one attached hydrogen (secondary N) is 1. The van der Waals surface area contributed by atoms with Gasteiger partial charge in [-0.3, -0.25) is 0 Å². The number of alkyl halides is 3. The number of hydrogen-bond donors (Lipinski definition) is 2. The Balaban J connectivity index is 1.49. The summed E-state index contributed by atoms with van der Waals surface area (Å²) in [7, 11) is 1.69. The van der Waals surface area contributed by atoms with Gasteiger partial charge in [0, 0.05) is 25.7 Å². The summed E-state index contributed by atoms with van der Waals surface area (Å²) in [4.78, 5) is 4.35. The first-order chi connectivity index (χ1) is 19.2. The minimum absolute atomic E-state index is 0.0576. The molecule has 11 heteroatoms. The third kappa shape index (κ3) is 4.98. The van der Waals surface area contributed by atoms with E-state index in [1.54, 1.807) is 17.7 Å². The topological polar surface area (TPSA) is 89.0 Å². The standard InChI is InChI=1S/C29H25F4N5O2/c1-38-15-35-37-27(38)24-19(17-5-3-2-4-6-17)9-10-21(30)25(24)28-36-22-12-16(13-34-14-23(39)18-7-8-18)11-20(26(22)40-28)29(31,32)33/h2-6,9-12,15,18,23,34,39H,7-8,13-14H2,1H3/t23-/m1/s1. The molecule has 2 heterocycles. The molecule has 0 radical (unpaired) electrons. The van der Waals surface area contributed by atoms with Crippen LogP contribution in [0.5, 0.6) is 0 Å². The number of aryl methyl sites for hydroxylation is 1. The second-order valence-electron chi connectivity index (χ2n) is 10.0. The number of halogens is 4. The minimum Gasteiger partial charge on any atom is -0.435 e. The van der Waals surface area contributed by atoms with Crippen LogP contribution in [0.2, 0.25) is 0 Å². The third-order valence-corrected chi connectivity index (χ3v) is 7.09. The maximum atomic E-state index is 15.6. The first-order valence-electron chi connectivity index (χ1n) is 12.8. The monoisotopic (exact) mass is 551 g/mol. The van der Waals surface area contributed by atoms with E-state index < -0.39 is 29.2 Å². The van der Waals surface area contributed by atoms with Crippen LogP contribution in [-0.4, -0.2) is 37.5 Å². The lowest BCUT2D eigenvalue weighted by molar-refractivity contribution is -0.136. The zero-order valence-electron chi connectivity index (χ0n) is 21.4. The van der Waals surface area contributed by atoms with Crippen LogP contribution in [0.25, 0.3) is 45.1 Å². The number of hydrogen-bond acceptors (Lipinski definition) is 6. The Bertz CT molecular complexity index is 1680. The Hall–Kier alpha value is -4.09. The fraction of sp³-hybridized carbons (Fsp3) is 0.276. The summed E-state index contributed by atoms with van der Waals surface area (Å²) in [5.41, 5.74) is 0.269. The maximum absolute atomic E-state index is 15.6. The first-order valence-corrected chi connectivity index (χ1v) is 12.8. The van der Waals surface area contributed by atoms with Crippen molar-refractivity contribution in [2.24, 2.45) is 13.0 Å². The summed E-state index contributed by atoms with van der Waals surface area (Å²) >= 11 is 0. The van der Waals surface area contributed by atoms with Crippen LogP contribution in [-0.2, 0) is 19.8 Å². The van der Waals surface area contributed by atoms with Crippen LogP contribution >= 0.6 is 0 Å². The number of fused-ring (bicyclic) bond motifs is 1. The average molecular weight is 552 g/mol. The van der Waals surface area contributed by atoms with E-state index in [2.05, 4.69) is 20.5 Å². The van der Waals surface area contributed by atoms with Gasteiger partial charge >= 0.3 is 6.18 Å². The molecule has 0 saturated heterocycles. The molecule has 5 aromatic rings. The second kappa shape index (κ2) is 10.1. The number of oxazole rings is 1. The van der Waals surface area contributed by atoms with Crippen molar-refractivity contribution in [2.45, 2.75) is 31.7 Å². The van der Waals surface area contributed by atoms with Crippen LogP contribution in [0.3, 0.4) is 0 Å². The number of aliphatic hydroxyl groups excluding tert-OH is 1. The van der Waals surface area contributed by atoms with Crippen molar-refractivity contribution >= 4 is 11.1 Å². The summed E-state index contributed by atoms with van der Waals surface area (Å²) < 4.78 is 65.3. The molecule has 0 spiro atoms. The number of benzene rings is 3. The van der Waals surface area contributed by atoms with Gasteiger partial charge in [-0.2, -0.15) is 13.2 Å². The Morgan fingerprint density at radius 3 is 2.55 bits per heavy atom. The first kappa shape index (κ1) is 26.1. The number of aliphatic hydroxyl groups is 1. The largest absolute Gasteiger partial charge is 0.435 e. The van der Waals surface area contributed by atoms with E-state index in [-0.39, 0.29) is 36.0 Å². The second-order valence-corrected chi connectivity index (χ2v) is 10.0. The minimum atomic E-state index is -4.74. The Labute approximate surface area is 226 Å². The number of aromatic nitrogens is 4. The van der Waals surface area contributed by atoms with Crippen molar-refractivity contribution < 1.29 is 27.1 Å². The normalized spacial score (nSPS) is 14.7. The van der Waals surface area contributed by atoms with Crippen LogP contribution in [0.15, 0.2) is 65.3 Å². The summed E-state index contributed by atoms with van der Waals surface area (Å²) in [6.07, 6.45) is -1.93. The van der Waals surface area contributed by atoms with E-state index in [9.17, 15) is 18.3 Å². The van der Waals surface area contributed by atoms with E-state index in [0.717, 1.165) is 24.5 Å². The van der Waals surface area contributed by atoms with E-state index >= 15 is 4.39 Å². The highest BCUT2D eigenvalue weighted by atomic mass is 19.4. The third-order valence-electron chi connectivity index (χ3n) is 7.09. The molecule has 3 aromatic carbocycles. The molecule has 6 rings (SSSR count). The molecule has 40 heavy (non-hydrogen) atoms. The van der Waals surface area contributed by atoms with E-state index in [1.807, 2.05) is 30.3 Å². The molecule has 0 unspecified atom stereocenters. The van der Waals surface area contributed by atoms with E-state index in [0.29, 0.717) is 22.5 Å². The highest BCUT2D eigenvalue weighted by Gasteiger charge is 2.36. The number of nitrogens with zero attached hydrogens (tertiary/aromatic N) is 4. The SMILES string of the molecule is Cn1cnnc1-c1c(-c2ccccc2)ccc(F)c1-c1nc2cc(CNC[C@@H](O)C3CC3)cc(C(F)(F)F)c2o1. The van der Waals surface area contributed by atoms with Crippen LogP contribution in [0, 0.1) is 11.7 Å². The van der Waals surface area contributed by atoms with Gasteiger partial charge in [-0.1, -0.05) is 36.4 Å². The molecule has 0 amide bonds. The summed E-state index contributed by atoms with van der Waals surface area (Å²) in [6, 6.07) is 14.5. The fourth-order valence-corrected chi connectivity index (χ4v) is 4.91. The molecular formula is C29H25F4N5O2. The molecule has 1 fully saturated rings. The zero-order valence-corrected chi connectivity index (χ0v) is 21.4. The van der Waals surface area contributed by atoms with Crippen LogP contribution < -0.4 is 5.32 Å². The van der Waals surface area contributed by atoms with Gasteiger partial charge in [0.25, 0.3) is 0 Å². The quantitative estimate of drug-likeness (QED) is 0.231. The molecule has 2 N–H and O–H groups in total. The van der Waals surface area contributed by atoms with E-state index in [1.165, 1.54) is 18.5 Å². The lowest BCUT2D eigenvalue weighted by Gasteiger charge is -2.14. The molecule has 1 atom stereocenters. The van der Waals surface area contributed by atoms with Gasteiger partial charge in [-0.25, -0.2) is 9.37 Å².